The van der Waals surface area contributed by atoms with E-state index in [0.29, 0.717) is 5.06 Å². The van der Waals surface area contributed by atoms with Gasteiger partial charge in [-0.25, -0.2) is 4.79 Å². The van der Waals surface area contributed by atoms with E-state index in [1.807, 2.05) is 30.3 Å². The van der Waals surface area contributed by atoms with Crippen LogP contribution in [0.15, 0.2) is 48.5 Å². The average molecular weight is 282 g/mol. The van der Waals surface area contributed by atoms with Crippen LogP contribution in [0.5, 0.6) is 0 Å². The first-order valence-corrected chi connectivity index (χ1v) is 7.12. The number of hydrogen-bond acceptors (Lipinski definition) is 2. The van der Waals surface area contributed by atoms with Gasteiger partial charge in [-0.15, -0.1) is 0 Å². The second-order valence-corrected chi connectivity index (χ2v) is 5.37. The maximum absolute atomic E-state index is 11.2. The van der Waals surface area contributed by atoms with Gasteiger partial charge < -0.3 is 5.73 Å². The first kappa shape index (κ1) is 13.6. The van der Waals surface area contributed by atoms with Gasteiger partial charge in [-0.05, 0) is 41.5 Å². The number of nitrogens with zero attached hydrogens (tertiary/aromatic N) is 1. The molecular weight excluding hydrogens is 264 g/mol. The number of carbonyl (C=O) groups excluding carboxylic acids is 1. The van der Waals surface area contributed by atoms with E-state index in [4.69, 9.17) is 5.73 Å². The molecule has 2 aromatic carbocycles. The smallest absolute Gasteiger partial charge is 0.339 e. The third-order valence-corrected chi connectivity index (χ3v) is 4.05. The van der Waals surface area contributed by atoms with Crippen LogP contribution in [0.4, 0.5) is 4.79 Å². The molecule has 0 spiro atoms. The predicted molar refractivity (Wildman–Crippen MR) is 80.8 cm³/mol. The molecule has 2 amide bonds. The Balaban J connectivity index is 1.98. The van der Waals surface area contributed by atoms with Gasteiger partial charge in [0.05, 0.1) is 6.04 Å². The van der Waals surface area contributed by atoms with Gasteiger partial charge in [-0.3, -0.25) is 5.21 Å². The lowest BCUT2D eigenvalue weighted by molar-refractivity contribution is -0.0808. The molecule has 1 aliphatic rings. The Morgan fingerprint density at radius 1 is 1.14 bits per heavy atom. The van der Waals surface area contributed by atoms with Gasteiger partial charge in [-0.1, -0.05) is 48.5 Å². The normalized spacial score (nSPS) is 17.1. The summed E-state index contributed by atoms with van der Waals surface area (Å²) in [6, 6.07) is 15.2. The second kappa shape index (κ2) is 5.58. The van der Waals surface area contributed by atoms with Crippen molar-refractivity contribution in [2.24, 2.45) is 5.73 Å². The third-order valence-electron chi connectivity index (χ3n) is 4.05. The maximum Gasteiger partial charge on any atom is 0.339 e. The number of carbonyl (C=O) groups is 1. The van der Waals surface area contributed by atoms with Gasteiger partial charge in [0.25, 0.3) is 0 Å². The van der Waals surface area contributed by atoms with Crippen molar-refractivity contribution < 1.29 is 10.0 Å². The van der Waals surface area contributed by atoms with E-state index in [-0.39, 0.29) is 6.04 Å². The van der Waals surface area contributed by atoms with Crippen molar-refractivity contribution in [1.29, 1.82) is 0 Å². The van der Waals surface area contributed by atoms with E-state index in [2.05, 4.69) is 18.2 Å². The highest BCUT2D eigenvalue weighted by Crippen LogP contribution is 2.35. The van der Waals surface area contributed by atoms with Gasteiger partial charge in [-0.2, -0.15) is 5.06 Å². The van der Waals surface area contributed by atoms with Crippen molar-refractivity contribution in [3.05, 3.63) is 59.7 Å². The summed E-state index contributed by atoms with van der Waals surface area (Å²) in [5, 5.41) is 10.5. The monoisotopic (exact) mass is 282 g/mol. The molecule has 21 heavy (non-hydrogen) atoms. The van der Waals surface area contributed by atoms with E-state index in [1.54, 1.807) is 0 Å². The minimum absolute atomic E-state index is 0.337. The van der Waals surface area contributed by atoms with Crippen LogP contribution in [0.3, 0.4) is 0 Å². The molecule has 0 aliphatic heterocycles. The highest BCUT2D eigenvalue weighted by Gasteiger charge is 2.27. The molecule has 4 heteroatoms. The summed E-state index contributed by atoms with van der Waals surface area (Å²) in [4.78, 5) is 11.2. The number of urea groups is 1. The van der Waals surface area contributed by atoms with Crippen LogP contribution in [0.25, 0.3) is 11.1 Å². The average Bonchev–Trinajstić information content (AvgIpc) is 2.53. The minimum atomic E-state index is -0.806. The van der Waals surface area contributed by atoms with Crippen LogP contribution in [0.2, 0.25) is 0 Å². The lowest BCUT2D eigenvalue weighted by Crippen LogP contribution is -2.37. The Hall–Kier alpha value is -2.33. The number of hydroxylamine groups is 2. The highest BCUT2D eigenvalue weighted by atomic mass is 16.5. The van der Waals surface area contributed by atoms with Gasteiger partial charge >= 0.3 is 6.03 Å². The number of rotatable bonds is 2. The second-order valence-electron chi connectivity index (χ2n) is 5.37. The largest absolute Gasteiger partial charge is 0.350 e. The predicted octanol–water partition coefficient (Wildman–Crippen LogP) is 3.50. The van der Waals surface area contributed by atoms with E-state index in [0.717, 1.165) is 36.0 Å². The van der Waals surface area contributed by atoms with Crippen molar-refractivity contribution in [3.63, 3.8) is 0 Å². The number of hydrogen-bond donors (Lipinski definition) is 2. The zero-order valence-corrected chi connectivity index (χ0v) is 11.7. The SMILES string of the molecule is NC(=O)N(O)[C@H]1CCCc2cc(-c3ccccc3)ccc21. The Morgan fingerprint density at radius 2 is 1.90 bits per heavy atom. The summed E-state index contributed by atoms with van der Waals surface area (Å²) in [5.41, 5.74) is 9.66. The quantitative estimate of drug-likeness (QED) is 0.654. The molecule has 1 atom stereocenters. The molecular formula is C17H18N2O2. The molecule has 2 aromatic rings. The summed E-state index contributed by atoms with van der Waals surface area (Å²) in [6.07, 6.45) is 2.62. The molecule has 0 saturated heterocycles. The molecule has 0 unspecified atom stereocenters. The van der Waals surface area contributed by atoms with Gasteiger partial charge in [0.2, 0.25) is 0 Å². The number of fused-ring (bicyclic) bond motifs is 1. The first-order chi connectivity index (χ1) is 10.2. The van der Waals surface area contributed by atoms with Gasteiger partial charge in [0.15, 0.2) is 0 Å². The minimum Gasteiger partial charge on any atom is -0.350 e. The summed E-state index contributed by atoms with van der Waals surface area (Å²) < 4.78 is 0. The zero-order chi connectivity index (χ0) is 14.8. The molecule has 1 aliphatic carbocycles. The standard InChI is InChI=1S/C17H18N2O2/c18-17(20)19(21)16-8-4-7-14-11-13(9-10-15(14)16)12-5-2-1-3-6-12/h1-3,5-6,9-11,16,21H,4,7-8H2,(H2,18,20)/t16-/m0/s1. The van der Waals surface area contributed by atoms with E-state index >= 15 is 0 Å². The Kier molecular flexibility index (Phi) is 3.62. The fraction of sp³-hybridized carbons (Fsp3) is 0.235. The van der Waals surface area contributed by atoms with Gasteiger partial charge in [0, 0.05) is 0 Å². The lowest BCUT2D eigenvalue weighted by atomic mass is 9.85. The van der Waals surface area contributed by atoms with Crippen LogP contribution < -0.4 is 5.73 Å². The number of aryl methyl sites for hydroxylation is 1. The van der Waals surface area contributed by atoms with Gasteiger partial charge in [0.1, 0.15) is 0 Å². The van der Waals surface area contributed by atoms with Crippen LogP contribution in [0, 0.1) is 0 Å². The molecule has 0 radical (unpaired) electrons. The Morgan fingerprint density at radius 3 is 2.62 bits per heavy atom. The molecule has 4 nitrogen and oxygen atoms in total. The lowest BCUT2D eigenvalue weighted by Gasteiger charge is -2.30. The molecule has 0 saturated carbocycles. The third kappa shape index (κ3) is 2.62. The molecule has 3 rings (SSSR count). The highest BCUT2D eigenvalue weighted by molar-refractivity contribution is 5.71. The molecule has 0 heterocycles. The molecule has 108 valence electrons. The van der Waals surface area contributed by atoms with Crippen molar-refractivity contribution in [3.8, 4) is 11.1 Å². The van der Waals surface area contributed by atoms with Crippen molar-refractivity contribution in [1.82, 2.24) is 5.06 Å². The number of amides is 2. The maximum atomic E-state index is 11.2. The number of nitrogens with two attached hydrogens (primary N) is 1. The fourth-order valence-corrected chi connectivity index (χ4v) is 3.01. The molecule has 0 bridgehead atoms. The molecule has 0 aromatic heterocycles. The van der Waals surface area contributed by atoms with Crippen molar-refractivity contribution in [2.45, 2.75) is 25.3 Å². The first-order valence-electron chi connectivity index (χ1n) is 7.12. The molecule has 3 N–H and O–H groups in total. The van der Waals surface area contributed by atoms with E-state index < -0.39 is 6.03 Å². The summed E-state index contributed by atoms with van der Waals surface area (Å²) in [7, 11) is 0. The van der Waals surface area contributed by atoms with Crippen LogP contribution in [0.1, 0.15) is 30.0 Å². The zero-order valence-electron chi connectivity index (χ0n) is 11.7. The van der Waals surface area contributed by atoms with Crippen molar-refractivity contribution >= 4 is 6.03 Å². The Labute approximate surface area is 123 Å². The van der Waals surface area contributed by atoms with Crippen LogP contribution in [-0.2, 0) is 6.42 Å². The summed E-state index contributed by atoms with van der Waals surface area (Å²) >= 11 is 0. The summed E-state index contributed by atoms with van der Waals surface area (Å²) in [6.45, 7) is 0. The van der Waals surface area contributed by atoms with E-state index in [1.165, 1.54) is 5.56 Å². The van der Waals surface area contributed by atoms with Crippen LogP contribution >= 0.6 is 0 Å². The van der Waals surface area contributed by atoms with Crippen molar-refractivity contribution in [2.75, 3.05) is 0 Å². The number of benzene rings is 2. The Bertz CT molecular complexity index is 655. The molecule has 0 fully saturated rings. The van der Waals surface area contributed by atoms with Crippen LogP contribution in [-0.4, -0.2) is 16.3 Å². The topological polar surface area (TPSA) is 66.6 Å². The number of primary amides is 1. The summed E-state index contributed by atoms with van der Waals surface area (Å²) in [5.74, 6) is 0. The fourth-order valence-electron chi connectivity index (χ4n) is 3.01. The van der Waals surface area contributed by atoms with E-state index in [9.17, 15) is 10.0 Å².